The quantitative estimate of drug-likeness (QED) is 0.482. The summed E-state index contributed by atoms with van der Waals surface area (Å²) >= 11 is 0. The molecule has 0 saturated heterocycles. The van der Waals surface area contributed by atoms with Crippen molar-refractivity contribution in [2.75, 3.05) is 13.2 Å². The van der Waals surface area contributed by atoms with E-state index < -0.39 is 0 Å². The van der Waals surface area contributed by atoms with Crippen LogP contribution >= 0.6 is 0 Å². The van der Waals surface area contributed by atoms with Gasteiger partial charge in [-0.2, -0.15) is 0 Å². The number of hydrogen-bond donors (Lipinski definition) is 2. The highest BCUT2D eigenvalue weighted by atomic mass is 16.3. The lowest BCUT2D eigenvalue weighted by Gasteiger charge is -2.05. The van der Waals surface area contributed by atoms with Gasteiger partial charge in [0.2, 0.25) is 5.71 Å². The Balaban J connectivity index is 1.63. The number of aliphatic hydroxyl groups is 1. The molecule has 0 aliphatic heterocycles. The van der Waals surface area contributed by atoms with Crippen LogP contribution in [0.2, 0.25) is 0 Å². The van der Waals surface area contributed by atoms with Gasteiger partial charge in [-0.05, 0) is 42.5 Å². The number of pyridine rings is 1. The highest BCUT2D eigenvalue weighted by Crippen LogP contribution is 2.23. The second-order valence-electron chi connectivity index (χ2n) is 6.89. The molecule has 0 unspecified atom stereocenters. The molecule has 144 valence electrons. The van der Waals surface area contributed by atoms with Gasteiger partial charge in [-0.25, -0.2) is 4.40 Å². The van der Waals surface area contributed by atoms with Crippen molar-refractivity contribution in [1.29, 1.82) is 0 Å². The van der Waals surface area contributed by atoms with Gasteiger partial charge in [-0.15, -0.1) is 0 Å². The Labute approximate surface area is 161 Å². The number of nitrogens with one attached hydrogen (secondary N) is 1. The number of nitrogens with zero attached hydrogens (tertiary/aromatic N) is 1. The van der Waals surface area contributed by atoms with Gasteiger partial charge in [0.15, 0.2) is 5.58 Å². The number of benzene rings is 2. The normalized spacial score (nSPS) is 11.5. The molecular formula is C22H22N2O4. The zero-order valence-corrected chi connectivity index (χ0v) is 15.5. The number of carbonyl (C=O) groups excluding carboxylic acids is 1. The molecule has 6 heteroatoms. The van der Waals surface area contributed by atoms with E-state index >= 15 is 0 Å². The molecule has 0 fully saturated rings. The average Bonchev–Trinajstić information content (AvgIpc) is 3.08. The van der Waals surface area contributed by atoms with Gasteiger partial charge in [0, 0.05) is 30.2 Å². The van der Waals surface area contributed by atoms with E-state index in [0.717, 1.165) is 31.1 Å². The molecule has 2 N–H and O–H groups in total. The second kappa shape index (κ2) is 7.86. The molecule has 1 amide bonds. The van der Waals surface area contributed by atoms with Crippen LogP contribution in [0.15, 0.2) is 57.7 Å². The molecule has 2 heterocycles. The van der Waals surface area contributed by atoms with Crippen molar-refractivity contribution in [3.05, 3.63) is 64.4 Å². The topological polar surface area (TPSA) is 83.9 Å². The summed E-state index contributed by atoms with van der Waals surface area (Å²) in [5.41, 5.74) is 1.94. The molecule has 0 bridgehead atoms. The van der Waals surface area contributed by atoms with E-state index in [2.05, 4.69) is 5.32 Å². The SMILES string of the molecule is O=C(NCCCCCCO)c1ccc2oc3cc4ccccc4c(=O)n3c2c1. The van der Waals surface area contributed by atoms with Crippen LogP contribution in [0, 0.1) is 0 Å². The number of fused-ring (bicyclic) bond motifs is 4. The van der Waals surface area contributed by atoms with E-state index in [0.29, 0.717) is 34.3 Å². The van der Waals surface area contributed by atoms with Crippen molar-refractivity contribution in [1.82, 2.24) is 9.72 Å². The summed E-state index contributed by atoms with van der Waals surface area (Å²) in [6, 6.07) is 14.3. The Morgan fingerprint density at radius 1 is 1.04 bits per heavy atom. The fourth-order valence-electron chi connectivity index (χ4n) is 3.47. The minimum atomic E-state index is -0.174. The third kappa shape index (κ3) is 3.39. The average molecular weight is 378 g/mol. The van der Waals surface area contributed by atoms with Gasteiger partial charge in [0.25, 0.3) is 11.5 Å². The third-order valence-electron chi connectivity index (χ3n) is 4.94. The number of carbonyl (C=O) groups is 1. The van der Waals surface area contributed by atoms with Crippen LogP contribution in [0.3, 0.4) is 0 Å². The molecule has 0 atom stereocenters. The number of aliphatic hydroxyl groups excluding tert-OH is 1. The lowest BCUT2D eigenvalue weighted by molar-refractivity contribution is 0.0953. The van der Waals surface area contributed by atoms with E-state index in [1.165, 1.54) is 4.40 Å². The summed E-state index contributed by atoms with van der Waals surface area (Å²) in [4.78, 5) is 25.4. The highest BCUT2D eigenvalue weighted by Gasteiger charge is 2.14. The highest BCUT2D eigenvalue weighted by molar-refractivity contribution is 5.98. The zero-order chi connectivity index (χ0) is 19.5. The van der Waals surface area contributed by atoms with E-state index in [9.17, 15) is 9.59 Å². The monoisotopic (exact) mass is 378 g/mol. The summed E-state index contributed by atoms with van der Waals surface area (Å²) in [7, 11) is 0. The molecule has 4 aromatic rings. The van der Waals surface area contributed by atoms with Crippen LogP contribution in [0.1, 0.15) is 36.0 Å². The number of aromatic nitrogens is 1. The molecule has 28 heavy (non-hydrogen) atoms. The van der Waals surface area contributed by atoms with E-state index in [4.69, 9.17) is 9.52 Å². The molecule has 0 radical (unpaired) electrons. The summed E-state index contributed by atoms with van der Waals surface area (Å²) in [6.07, 6.45) is 3.58. The predicted molar refractivity (Wildman–Crippen MR) is 109 cm³/mol. The van der Waals surface area contributed by atoms with Crippen LogP contribution < -0.4 is 10.9 Å². The fraction of sp³-hybridized carbons (Fsp3) is 0.273. The Bertz CT molecular complexity index is 1210. The van der Waals surface area contributed by atoms with Crippen molar-refractivity contribution in [2.24, 2.45) is 0 Å². The van der Waals surface area contributed by atoms with Gasteiger partial charge in [-0.1, -0.05) is 31.0 Å². The largest absolute Gasteiger partial charge is 0.438 e. The fourth-order valence-corrected chi connectivity index (χ4v) is 3.47. The zero-order valence-electron chi connectivity index (χ0n) is 15.5. The van der Waals surface area contributed by atoms with E-state index in [1.807, 2.05) is 24.3 Å². The van der Waals surface area contributed by atoms with Crippen LogP contribution in [0.25, 0.3) is 27.6 Å². The van der Waals surface area contributed by atoms with Crippen LogP contribution in [0.5, 0.6) is 0 Å². The maximum Gasteiger partial charge on any atom is 0.265 e. The molecule has 0 spiro atoms. The predicted octanol–water partition coefficient (Wildman–Crippen LogP) is 3.48. The summed E-state index contributed by atoms with van der Waals surface area (Å²) in [5.74, 6) is -0.174. The number of hydrogen-bond acceptors (Lipinski definition) is 4. The Morgan fingerprint density at radius 2 is 1.86 bits per heavy atom. The summed E-state index contributed by atoms with van der Waals surface area (Å²) < 4.78 is 7.34. The maximum absolute atomic E-state index is 12.9. The lowest BCUT2D eigenvalue weighted by Crippen LogP contribution is -2.24. The minimum Gasteiger partial charge on any atom is -0.438 e. The van der Waals surface area contributed by atoms with Crippen molar-refractivity contribution in [3.63, 3.8) is 0 Å². The molecular weight excluding hydrogens is 356 g/mol. The molecule has 6 nitrogen and oxygen atoms in total. The van der Waals surface area contributed by atoms with Crippen LogP contribution in [-0.2, 0) is 0 Å². The van der Waals surface area contributed by atoms with Crippen LogP contribution in [0.4, 0.5) is 0 Å². The molecule has 4 rings (SSSR count). The van der Waals surface area contributed by atoms with Crippen molar-refractivity contribution in [2.45, 2.75) is 25.7 Å². The molecule has 0 aliphatic carbocycles. The van der Waals surface area contributed by atoms with Gasteiger partial charge in [0.05, 0.1) is 5.52 Å². The lowest BCUT2D eigenvalue weighted by atomic mass is 10.1. The van der Waals surface area contributed by atoms with E-state index in [-0.39, 0.29) is 18.1 Å². The first-order valence-electron chi connectivity index (χ1n) is 9.55. The van der Waals surface area contributed by atoms with Gasteiger partial charge < -0.3 is 14.8 Å². The molecule has 2 aromatic carbocycles. The minimum absolute atomic E-state index is 0.159. The van der Waals surface area contributed by atoms with E-state index in [1.54, 1.807) is 24.3 Å². The number of amides is 1. The van der Waals surface area contributed by atoms with Gasteiger partial charge >= 0.3 is 0 Å². The number of oxazole rings is 1. The van der Waals surface area contributed by atoms with Crippen molar-refractivity contribution < 1.29 is 14.3 Å². The molecule has 2 aromatic heterocycles. The third-order valence-corrected chi connectivity index (χ3v) is 4.94. The van der Waals surface area contributed by atoms with Crippen molar-refractivity contribution >= 4 is 33.5 Å². The standard InChI is InChI=1S/C22H22N2O4/c25-12-6-2-1-5-11-23-21(26)16-9-10-19-18(13-16)24-20(28-19)14-15-7-3-4-8-17(15)22(24)27/h3-4,7-10,13-14,25H,1-2,5-6,11-12H2,(H,23,26). The number of unbranched alkanes of at least 4 members (excludes halogenated alkanes) is 3. The second-order valence-corrected chi connectivity index (χ2v) is 6.89. The summed E-state index contributed by atoms with van der Waals surface area (Å²) in [6.45, 7) is 0.790. The smallest absolute Gasteiger partial charge is 0.265 e. The first kappa shape index (κ1) is 18.3. The van der Waals surface area contributed by atoms with Crippen molar-refractivity contribution in [3.8, 4) is 0 Å². The Morgan fingerprint density at radius 3 is 2.71 bits per heavy atom. The summed E-state index contributed by atoms with van der Waals surface area (Å²) in [5, 5.41) is 13.1. The number of rotatable bonds is 7. The van der Waals surface area contributed by atoms with Crippen LogP contribution in [-0.4, -0.2) is 28.6 Å². The molecule has 0 saturated carbocycles. The first-order chi connectivity index (χ1) is 13.7. The van der Waals surface area contributed by atoms with Gasteiger partial charge in [0.1, 0.15) is 0 Å². The van der Waals surface area contributed by atoms with Gasteiger partial charge in [-0.3, -0.25) is 9.59 Å². The Hall–Kier alpha value is -3.12. The molecule has 0 aliphatic rings. The Kier molecular flexibility index (Phi) is 5.12. The maximum atomic E-state index is 12.9. The first-order valence-corrected chi connectivity index (χ1v) is 9.55.